The Labute approximate surface area is 61.9 Å². The lowest BCUT2D eigenvalue weighted by atomic mass is 9.98. The predicted octanol–water partition coefficient (Wildman–Crippen LogP) is 1.69. The normalized spacial score (nSPS) is 11.7. The molecule has 0 radical (unpaired) electrons. The van der Waals surface area contributed by atoms with Gasteiger partial charge in [0, 0.05) is 6.21 Å². The van der Waals surface area contributed by atoms with Gasteiger partial charge in [0.2, 0.25) is 0 Å². The third kappa shape index (κ3) is 2.05. The van der Waals surface area contributed by atoms with Gasteiger partial charge in [-0.3, -0.25) is 0 Å². The van der Waals surface area contributed by atoms with Crippen LogP contribution in [0.1, 0.15) is 13.8 Å². The molecule has 0 aromatic carbocycles. The van der Waals surface area contributed by atoms with E-state index in [2.05, 4.69) is 6.58 Å². The number of nitrogens with two attached hydrogens (primary N) is 1. The lowest BCUT2D eigenvalue weighted by molar-refractivity contribution is 0.783. The molecular formula is C8H14N2. The molecule has 3 N–H and O–H groups in total. The molecule has 2 nitrogen and oxygen atoms in total. The van der Waals surface area contributed by atoms with Gasteiger partial charge in [0.25, 0.3) is 0 Å². The monoisotopic (exact) mass is 138 g/mol. The van der Waals surface area contributed by atoms with Gasteiger partial charge in [-0.05, 0) is 23.3 Å². The minimum Gasteiger partial charge on any atom is -0.404 e. The molecule has 0 saturated heterocycles. The first-order valence-corrected chi connectivity index (χ1v) is 3.25. The van der Waals surface area contributed by atoms with E-state index in [0.29, 0.717) is 11.5 Å². The van der Waals surface area contributed by atoms with Crippen LogP contribution in [0.5, 0.6) is 0 Å². The van der Waals surface area contributed by atoms with Crippen molar-refractivity contribution < 1.29 is 0 Å². The molecule has 0 saturated carbocycles. The average Bonchev–Trinajstić information content (AvgIpc) is 1.88. The molecule has 0 aliphatic heterocycles. The van der Waals surface area contributed by atoms with Gasteiger partial charge in [-0.1, -0.05) is 20.4 Å². The van der Waals surface area contributed by atoms with Crippen molar-refractivity contribution in [3.05, 3.63) is 23.9 Å². The highest BCUT2D eigenvalue weighted by molar-refractivity contribution is 5.81. The third-order valence-electron chi connectivity index (χ3n) is 1.35. The summed E-state index contributed by atoms with van der Waals surface area (Å²) in [7, 11) is 0. The number of rotatable bonds is 3. The van der Waals surface area contributed by atoms with Crippen LogP contribution in [-0.2, 0) is 0 Å². The summed E-state index contributed by atoms with van der Waals surface area (Å²) in [6.07, 6.45) is 2.73. The first-order valence-electron chi connectivity index (χ1n) is 3.25. The van der Waals surface area contributed by atoms with Gasteiger partial charge in [-0.25, -0.2) is 0 Å². The highest BCUT2D eigenvalue weighted by Crippen LogP contribution is 2.14. The molecule has 2 heteroatoms. The van der Waals surface area contributed by atoms with Crippen molar-refractivity contribution in [1.29, 1.82) is 5.41 Å². The minimum atomic E-state index is 0.346. The van der Waals surface area contributed by atoms with Gasteiger partial charge >= 0.3 is 0 Å². The summed E-state index contributed by atoms with van der Waals surface area (Å²) in [5.41, 5.74) is 6.96. The molecule has 0 atom stereocenters. The zero-order chi connectivity index (χ0) is 8.15. The summed E-state index contributed by atoms with van der Waals surface area (Å²) >= 11 is 0. The van der Waals surface area contributed by atoms with Crippen LogP contribution < -0.4 is 5.73 Å². The molecule has 0 aliphatic rings. The van der Waals surface area contributed by atoms with Crippen LogP contribution in [0.4, 0.5) is 0 Å². The lowest BCUT2D eigenvalue weighted by Gasteiger charge is -2.08. The van der Waals surface area contributed by atoms with E-state index < -0.39 is 0 Å². The number of allylic oxidation sites excluding steroid dienone is 2. The van der Waals surface area contributed by atoms with E-state index in [4.69, 9.17) is 11.1 Å². The standard InChI is InChI=1S/C8H14N2/c1-6(2)8(5-10)7(3)4-9/h4-6,9H,3,10H2,1-2H3/b8-5-,9-4?. The van der Waals surface area contributed by atoms with Gasteiger partial charge < -0.3 is 11.1 Å². The second-order valence-electron chi connectivity index (χ2n) is 2.45. The van der Waals surface area contributed by atoms with E-state index in [9.17, 15) is 0 Å². The maximum atomic E-state index is 6.91. The Morgan fingerprint density at radius 2 is 2.10 bits per heavy atom. The topological polar surface area (TPSA) is 49.9 Å². The SMILES string of the molecule is C=C(C=N)/C(=C\N)C(C)C. The summed E-state index contributed by atoms with van der Waals surface area (Å²) in [6, 6.07) is 0. The van der Waals surface area contributed by atoms with Gasteiger partial charge in [0.15, 0.2) is 0 Å². The Morgan fingerprint density at radius 1 is 1.60 bits per heavy atom. The predicted molar refractivity (Wildman–Crippen MR) is 45.0 cm³/mol. The van der Waals surface area contributed by atoms with Crippen LogP contribution in [0, 0.1) is 11.3 Å². The van der Waals surface area contributed by atoms with Gasteiger partial charge in [-0.2, -0.15) is 0 Å². The average molecular weight is 138 g/mol. The van der Waals surface area contributed by atoms with E-state index >= 15 is 0 Å². The summed E-state index contributed by atoms with van der Waals surface area (Å²) in [5, 5.41) is 6.91. The fourth-order valence-electron chi connectivity index (χ4n) is 0.754. The van der Waals surface area contributed by atoms with Crippen molar-refractivity contribution in [2.24, 2.45) is 11.7 Å². The fraction of sp³-hybridized carbons (Fsp3) is 0.375. The first kappa shape index (κ1) is 8.95. The Morgan fingerprint density at radius 3 is 2.20 bits per heavy atom. The maximum Gasteiger partial charge on any atom is 0.0247 e. The molecule has 0 aliphatic carbocycles. The van der Waals surface area contributed by atoms with Crippen LogP contribution in [0.25, 0.3) is 0 Å². The van der Waals surface area contributed by atoms with Crippen LogP contribution in [-0.4, -0.2) is 6.21 Å². The molecule has 0 rings (SSSR count). The van der Waals surface area contributed by atoms with Crippen molar-refractivity contribution in [3.63, 3.8) is 0 Å². The highest BCUT2D eigenvalue weighted by atomic mass is 14.5. The Bertz CT molecular complexity index is 166. The molecule has 0 fully saturated rings. The molecule has 0 aromatic rings. The summed E-state index contributed by atoms with van der Waals surface area (Å²) in [4.78, 5) is 0. The number of hydrogen-bond donors (Lipinski definition) is 2. The molecule has 10 heavy (non-hydrogen) atoms. The largest absolute Gasteiger partial charge is 0.404 e. The van der Waals surface area contributed by atoms with Crippen LogP contribution in [0.2, 0.25) is 0 Å². The van der Waals surface area contributed by atoms with Gasteiger partial charge in [0.1, 0.15) is 0 Å². The molecule has 56 valence electrons. The van der Waals surface area contributed by atoms with E-state index in [-0.39, 0.29) is 0 Å². The zero-order valence-corrected chi connectivity index (χ0v) is 6.52. The highest BCUT2D eigenvalue weighted by Gasteiger charge is 2.03. The Balaban J connectivity index is 4.38. The van der Waals surface area contributed by atoms with Crippen molar-refractivity contribution in [2.45, 2.75) is 13.8 Å². The molecule has 0 aromatic heterocycles. The summed E-state index contributed by atoms with van der Waals surface area (Å²) < 4.78 is 0. The number of hydrogen-bond acceptors (Lipinski definition) is 2. The second-order valence-corrected chi connectivity index (χ2v) is 2.45. The molecule has 0 heterocycles. The molecule has 0 amide bonds. The smallest absolute Gasteiger partial charge is 0.0247 e. The molecule has 0 spiro atoms. The summed E-state index contributed by atoms with van der Waals surface area (Å²) in [5.74, 6) is 0.346. The van der Waals surface area contributed by atoms with Crippen molar-refractivity contribution in [2.75, 3.05) is 0 Å². The van der Waals surface area contributed by atoms with Crippen LogP contribution >= 0.6 is 0 Å². The van der Waals surface area contributed by atoms with E-state index in [1.165, 1.54) is 12.4 Å². The molecule has 0 bridgehead atoms. The zero-order valence-electron chi connectivity index (χ0n) is 6.52. The molecule has 0 unspecified atom stereocenters. The second kappa shape index (κ2) is 3.88. The number of nitrogens with one attached hydrogen (secondary N) is 1. The maximum absolute atomic E-state index is 6.91. The molecular weight excluding hydrogens is 124 g/mol. The fourth-order valence-corrected chi connectivity index (χ4v) is 0.754. The summed E-state index contributed by atoms with van der Waals surface area (Å²) in [6.45, 7) is 7.72. The van der Waals surface area contributed by atoms with E-state index in [1.54, 1.807) is 0 Å². The van der Waals surface area contributed by atoms with Crippen LogP contribution in [0.3, 0.4) is 0 Å². The quantitative estimate of drug-likeness (QED) is 0.452. The lowest BCUT2D eigenvalue weighted by Crippen LogP contribution is -2.00. The minimum absolute atomic E-state index is 0.346. The van der Waals surface area contributed by atoms with E-state index in [0.717, 1.165) is 5.57 Å². The van der Waals surface area contributed by atoms with Crippen LogP contribution in [0.15, 0.2) is 23.9 Å². The van der Waals surface area contributed by atoms with Crippen molar-refractivity contribution in [1.82, 2.24) is 0 Å². The van der Waals surface area contributed by atoms with Gasteiger partial charge in [0.05, 0.1) is 0 Å². The van der Waals surface area contributed by atoms with Crippen molar-refractivity contribution >= 4 is 6.21 Å². The van der Waals surface area contributed by atoms with Crippen molar-refractivity contribution in [3.8, 4) is 0 Å². The van der Waals surface area contributed by atoms with Gasteiger partial charge in [-0.15, -0.1) is 0 Å². The Kier molecular flexibility index (Phi) is 3.47. The van der Waals surface area contributed by atoms with E-state index in [1.807, 2.05) is 13.8 Å². The first-order chi connectivity index (χ1) is 4.63. The third-order valence-corrected chi connectivity index (χ3v) is 1.35. The Hall–Kier alpha value is -1.05.